The van der Waals surface area contributed by atoms with Crippen molar-refractivity contribution >= 4 is 11.8 Å². The first kappa shape index (κ1) is 14.4. The van der Waals surface area contributed by atoms with Gasteiger partial charge in [0.05, 0.1) is 6.07 Å². The Labute approximate surface area is 118 Å². The lowest BCUT2D eigenvalue weighted by molar-refractivity contribution is 0.386. The number of nitrogens with one attached hydrogen (secondary N) is 1. The number of benzene rings is 1. The number of hydrogen-bond acceptors (Lipinski definition) is 3. The van der Waals surface area contributed by atoms with E-state index in [0.29, 0.717) is 10.1 Å². The second-order valence-electron chi connectivity index (χ2n) is 5.41. The Balaban J connectivity index is 2.02. The van der Waals surface area contributed by atoms with E-state index >= 15 is 0 Å². The molecule has 0 bridgehead atoms. The van der Waals surface area contributed by atoms with Gasteiger partial charge in [0.2, 0.25) is 0 Å². The maximum Gasteiger partial charge on any atom is 0.136 e. The van der Waals surface area contributed by atoms with Crippen molar-refractivity contribution in [1.82, 2.24) is 5.32 Å². The van der Waals surface area contributed by atoms with Crippen molar-refractivity contribution in [2.75, 3.05) is 0 Å². The molecule has 102 valence electrons. The monoisotopic (exact) mass is 278 g/mol. The number of rotatable bonds is 4. The van der Waals surface area contributed by atoms with Gasteiger partial charge in [-0.05, 0) is 45.2 Å². The lowest BCUT2D eigenvalue weighted by atomic mass is 9.99. The summed E-state index contributed by atoms with van der Waals surface area (Å²) in [7, 11) is 0. The molecule has 0 heterocycles. The van der Waals surface area contributed by atoms with Crippen LogP contribution in [0.4, 0.5) is 4.39 Å². The van der Waals surface area contributed by atoms with Crippen LogP contribution < -0.4 is 5.32 Å². The van der Waals surface area contributed by atoms with Crippen molar-refractivity contribution in [2.24, 2.45) is 0 Å². The van der Waals surface area contributed by atoms with E-state index in [0.717, 1.165) is 19.3 Å². The van der Waals surface area contributed by atoms with E-state index in [1.54, 1.807) is 17.8 Å². The van der Waals surface area contributed by atoms with Crippen LogP contribution in [0.3, 0.4) is 0 Å². The zero-order valence-electron chi connectivity index (χ0n) is 11.3. The second-order valence-corrected chi connectivity index (χ2v) is 6.75. The van der Waals surface area contributed by atoms with Crippen LogP contribution in [0.25, 0.3) is 0 Å². The lowest BCUT2D eigenvalue weighted by Crippen LogP contribution is -2.45. The van der Waals surface area contributed by atoms with Crippen molar-refractivity contribution in [1.29, 1.82) is 5.26 Å². The summed E-state index contributed by atoms with van der Waals surface area (Å²) in [4.78, 5) is 0.686. The molecule has 0 amide bonds. The van der Waals surface area contributed by atoms with Crippen LogP contribution in [0, 0.1) is 17.1 Å². The fourth-order valence-electron chi connectivity index (χ4n) is 2.64. The van der Waals surface area contributed by atoms with Crippen molar-refractivity contribution < 1.29 is 4.39 Å². The highest BCUT2D eigenvalue weighted by Crippen LogP contribution is 2.40. The Morgan fingerprint density at radius 2 is 2.21 bits per heavy atom. The average Bonchev–Trinajstić information content (AvgIpc) is 2.75. The van der Waals surface area contributed by atoms with Crippen LogP contribution in [0.15, 0.2) is 29.2 Å². The lowest BCUT2D eigenvalue weighted by Gasteiger charge is -2.25. The summed E-state index contributed by atoms with van der Waals surface area (Å²) in [6.07, 6.45) is 2.57. The number of nitrogens with zero attached hydrogens (tertiary/aromatic N) is 1. The topological polar surface area (TPSA) is 35.8 Å². The first-order valence-corrected chi connectivity index (χ1v) is 7.53. The van der Waals surface area contributed by atoms with Gasteiger partial charge < -0.3 is 0 Å². The fourth-order valence-corrected chi connectivity index (χ4v) is 3.94. The van der Waals surface area contributed by atoms with E-state index in [1.165, 1.54) is 6.07 Å². The summed E-state index contributed by atoms with van der Waals surface area (Å²) < 4.78 is 13.6. The minimum atomic E-state index is -0.433. The smallest absolute Gasteiger partial charge is 0.136 e. The molecular formula is C15H19FN2S. The maximum atomic E-state index is 13.6. The maximum absolute atomic E-state index is 13.6. The molecule has 1 aromatic carbocycles. The Morgan fingerprint density at radius 3 is 2.84 bits per heavy atom. The Hall–Kier alpha value is -1.05. The molecule has 1 aliphatic rings. The molecule has 1 N–H and O–H groups in total. The highest BCUT2D eigenvalue weighted by atomic mass is 32.2. The molecule has 2 rings (SSSR count). The van der Waals surface area contributed by atoms with Crippen LogP contribution in [-0.4, -0.2) is 16.8 Å². The Morgan fingerprint density at radius 1 is 1.47 bits per heavy atom. The first-order chi connectivity index (χ1) is 9.04. The predicted molar refractivity (Wildman–Crippen MR) is 76.5 cm³/mol. The van der Waals surface area contributed by atoms with Gasteiger partial charge in [0.1, 0.15) is 11.4 Å². The summed E-state index contributed by atoms with van der Waals surface area (Å²) in [6, 6.07) is 9.56. The SMILES string of the molecule is CC(C)NC1(C#N)CCC(Sc2ccccc2F)C1. The van der Waals surface area contributed by atoms with Gasteiger partial charge in [-0.2, -0.15) is 5.26 Å². The molecule has 1 aromatic rings. The number of thioether (sulfide) groups is 1. The molecular weight excluding hydrogens is 259 g/mol. The molecule has 0 saturated heterocycles. The number of halogens is 1. The van der Waals surface area contributed by atoms with Crippen molar-refractivity contribution in [3.8, 4) is 6.07 Å². The molecule has 2 nitrogen and oxygen atoms in total. The summed E-state index contributed by atoms with van der Waals surface area (Å²) in [5, 5.41) is 13.1. The third-order valence-corrected chi connectivity index (χ3v) is 4.70. The van der Waals surface area contributed by atoms with Crippen LogP contribution in [-0.2, 0) is 0 Å². The average molecular weight is 278 g/mol. The van der Waals surface area contributed by atoms with E-state index in [1.807, 2.05) is 12.1 Å². The molecule has 1 fully saturated rings. The summed E-state index contributed by atoms with van der Waals surface area (Å²) in [6.45, 7) is 4.10. The summed E-state index contributed by atoms with van der Waals surface area (Å²) in [5.74, 6) is -0.168. The van der Waals surface area contributed by atoms with Crippen LogP contribution in [0.1, 0.15) is 33.1 Å². The van der Waals surface area contributed by atoms with Crippen molar-refractivity contribution in [3.63, 3.8) is 0 Å². The molecule has 0 spiro atoms. The van der Waals surface area contributed by atoms with Gasteiger partial charge in [-0.15, -0.1) is 11.8 Å². The highest BCUT2D eigenvalue weighted by Gasteiger charge is 2.40. The minimum Gasteiger partial charge on any atom is -0.297 e. The normalized spacial score (nSPS) is 26.6. The Bertz CT molecular complexity index is 483. The third-order valence-electron chi connectivity index (χ3n) is 3.38. The standard InChI is InChI=1S/C15H19FN2S/c1-11(2)18-15(10-17)8-7-12(9-15)19-14-6-4-3-5-13(14)16/h3-6,11-12,18H,7-9H2,1-2H3. The first-order valence-electron chi connectivity index (χ1n) is 6.65. The van der Waals surface area contributed by atoms with Gasteiger partial charge in [0.15, 0.2) is 0 Å². The van der Waals surface area contributed by atoms with Gasteiger partial charge in [-0.25, -0.2) is 4.39 Å². The molecule has 2 atom stereocenters. The molecule has 1 saturated carbocycles. The van der Waals surface area contributed by atoms with E-state index in [4.69, 9.17) is 0 Å². The predicted octanol–water partition coefficient (Wildman–Crippen LogP) is 3.73. The largest absolute Gasteiger partial charge is 0.297 e. The molecule has 19 heavy (non-hydrogen) atoms. The van der Waals surface area contributed by atoms with Crippen LogP contribution in [0.2, 0.25) is 0 Å². The zero-order valence-corrected chi connectivity index (χ0v) is 12.1. The summed E-state index contributed by atoms with van der Waals surface area (Å²) in [5.41, 5.74) is -0.433. The minimum absolute atomic E-state index is 0.168. The molecule has 2 unspecified atom stereocenters. The van der Waals surface area contributed by atoms with Gasteiger partial charge in [-0.1, -0.05) is 12.1 Å². The van der Waals surface area contributed by atoms with Crippen molar-refractivity contribution in [2.45, 2.75) is 54.8 Å². The third kappa shape index (κ3) is 3.49. The molecule has 0 aromatic heterocycles. The van der Waals surface area contributed by atoms with E-state index in [9.17, 15) is 9.65 Å². The Kier molecular flexibility index (Phi) is 4.49. The van der Waals surface area contributed by atoms with Crippen molar-refractivity contribution in [3.05, 3.63) is 30.1 Å². The number of nitriles is 1. The second kappa shape index (κ2) is 5.94. The van der Waals surface area contributed by atoms with Gasteiger partial charge in [0.25, 0.3) is 0 Å². The van der Waals surface area contributed by atoms with E-state index < -0.39 is 5.54 Å². The summed E-state index contributed by atoms with van der Waals surface area (Å²) >= 11 is 1.56. The molecule has 0 radical (unpaired) electrons. The molecule has 4 heteroatoms. The zero-order chi connectivity index (χ0) is 13.9. The molecule has 1 aliphatic carbocycles. The van der Waals surface area contributed by atoms with Crippen LogP contribution >= 0.6 is 11.8 Å². The quantitative estimate of drug-likeness (QED) is 0.911. The van der Waals surface area contributed by atoms with Gasteiger partial charge >= 0.3 is 0 Å². The highest BCUT2D eigenvalue weighted by molar-refractivity contribution is 8.00. The fraction of sp³-hybridized carbons (Fsp3) is 0.533. The number of hydrogen-bond donors (Lipinski definition) is 1. The van der Waals surface area contributed by atoms with Gasteiger partial charge in [0, 0.05) is 16.2 Å². The van der Waals surface area contributed by atoms with Crippen LogP contribution in [0.5, 0.6) is 0 Å². The van der Waals surface area contributed by atoms with Gasteiger partial charge in [-0.3, -0.25) is 5.32 Å². The molecule has 0 aliphatic heterocycles. The van der Waals surface area contributed by atoms with E-state index in [-0.39, 0.29) is 11.9 Å². The van der Waals surface area contributed by atoms with E-state index in [2.05, 4.69) is 25.2 Å².